The summed E-state index contributed by atoms with van der Waals surface area (Å²) in [6, 6.07) is 10.1. The number of anilines is 1. The molecule has 126 valence electrons. The second kappa shape index (κ2) is 7.45. The number of morpholine rings is 1. The molecule has 0 unspecified atom stereocenters. The molecule has 1 aromatic heterocycles. The van der Waals surface area contributed by atoms with Crippen LogP contribution in [-0.2, 0) is 11.3 Å². The summed E-state index contributed by atoms with van der Waals surface area (Å²) >= 11 is 0. The average molecular weight is 325 g/mol. The Morgan fingerprint density at radius 3 is 2.54 bits per heavy atom. The summed E-state index contributed by atoms with van der Waals surface area (Å²) in [7, 11) is 0. The maximum absolute atomic E-state index is 13.1. The number of hydrogen-bond acceptors (Lipinski definition) is 3. The first-order valence-electron chi connectivity index (χ1n) is 8.25. The molecule has 0 atom stereocenters. The lowest BCUT2D eigenvalue weighted by Crippen LogP contribution is -2.48. The molecular formula is C19H23N3O2. The van der Waals surface area contributed by atoms with Gasteiger partial charge in [-0.25, -0.2) is 4.79 Å². The molecule has 1 saturated heterocycles. The molecule has 0 aliphatic carbocycles. The standard InChI is InChI=1S/C19H23N3O2/c1-15-10-16(2)12-18(11-15)22(14-17-4-3-5-20-13-17)19(23)21-6-8-24-9-7-21/h3-5,10-13H,6-9,14H2,1-2H3. The van der Waals surface area contributed by atoms with E-state index in [1.54, 1.807) is 6.20 Å². The Morgan fingerprint density at radius 2 is 1.92 bits per heavy atom. The van der Waals surface area contributed by atoms with Crippen molar-refractivity contribution in [2.75, 3.05) is 31.2 Å². The normalized spacial score (nSPS) is 14.5. The third kappa shape index (κ3) is 3.92. The highest BCUT2D eigenvalue weighted by Crippen LogP contribution is 2.23. The summed E-state index contributed by atoms with van der Waals surface area (Å²) in [5, 5.41) is 0. The highest BCUT2D eigenvalue weighted by Gasteiger charge is 2.24. The van der Waals surface area contributed by atoms with Crippen molar-refractivity contribution in [3.8, 4) is 0 Å². The summed E-state index contributed by atoms with van der Waals surface area (Å²) in [6.07, 6.45) is 3.55. The molecule has 1 aromatic carbocycles. The molecule has 5 heteroatoms. The number of nitrogens with zero attached hydrogens (tertiary/aromatic N) is 3. The highest BCUT2D eigenvalue weighted by molar-refractivity contribution is 5.92. The van der Waals surface area contributed by atoms with Gasteiger partial charge in [0.15, 0.2) is 0 Å². The van der Waals surface area contributed by atoms with Crippen LogP contribution < -0.4 is 4.90 Å². The van der Waals surface area contributed by atoms with Gasteiger partial charge >= 0.3 is 6.03 Å². The number of carbonyl (C=O) groups excluding carboxylic acids is 1. The van der Waals surface area contributed by atoms with Crippen molar-refractivity contribution in [3.05, 3.63) is 59.4 Å². The van der Waals surface area contributed by atoms with E-state index in [0.29, 0.717) is 32.8 Å². The Kier molecular flexibility index (Phi) is 5.11. The topological polar surface area (TPSA) is 45.7 Å². The Bertz CT molecular complexity index is 677. The van der Waals surface area contributed by atoms with Crippen LogP contribution in [0, 0.1) is 13.8 Å². The van der Waals surface area contributed by atoms with Crippen molar-refractivity contribution in [2.45, 2.75) is 20.4 Å². The van der Waals surface area contributed by atoms with E-state index in [1.165, 1.54) is 0 Å². The van der Waals surface area contributed by atoms with Crippen LogP contribution in [0.4, 0.5) is 10.5 Å². The van der Waals surface area contributed by atoms with E-state index in [9.17, 15) is 4.79 Å². The van der Waals surface area contributed by atoms with E-state index in [4.69, 9.17) is 4.74 Å². The van der Waals surface area contributed by atoms with E-state index in [1.807, 2.05) is 28.1 Å². The van der Waals surface area contributed by atoms with Crippen molar-refractivity contribution >= 4 is 11.7 Å². The Balaban J connectivity index is 1.91. The largest absolute Gasteiger partial charge is 0.378 e. The molecule has 2 amide bonds. The van der Waals surface area contributed by atoms with Gasteiger partial charge in [-0.15, -0.1) is 0 Å². The van der Waals surface area contributed by atoms with Gasteiger partial charge in [-0.05, 0) is 48.7 Å². The summed E-state index contributed by atoms with van der Waals surface area (Å²) < 4.78 is 5.37. The number of aromatic nitrogens is 1. The second-order valence-corrected chi connectivity index (χ2v) is 6.18. The van der Waals surface area contributed by atoms with Crippen LogP contribution >= 0.6 is 0 Å². The number of rotatable bonds is 3. The van der Waals surface area contributed by atoms with Gasteiger partial charge in [-0.1, -0.05) is 12.1 Å². The number of ether oxygens (including phenoxy) is 1. The zero-order valence-corrected chi connectivity index (χ0v) is 14.2. The first-order chi connectivity index (χ1) is 11.6. The summed E-state index contributed by atoms with van der Waals surface area (Å²) in [6.45, 7) is 7.07. The Labute approximate surface area is 142 Å². The Morgan fingerprint density at radius 1 is 1.21 bits per heavy atom. The minimum Gasteiger partial charge on any atom is -0.378 e. The molecular weight excluding hydrogens is 302 g/mol. The molecule has 0 saturated carbocycles. The maximum atomic E-state index is 13.1. The summed E-state index contributed by atoms with van der Waals surface area (Å²) in [5.41, 5.74) is 4.23. The number of pyridine rings is 1. The van der Waals surface area contributed by atoms with E-state index >= 15 is 0 Å². The number of urea groups is 1. The third-order valence-corrected chi connectivity index (χ3v) is 4.09. The molecule has 0 N–H and O–H groups in total. The van der Waals surface area contributed by atoms with Crippen molar-refractivity contribution < 1.29 is 9.53 Å². The predicted octanol–water partition coefficient (Wildman–Crippen LogP) is 3.16. The van der Waals surface area contributed by atoms with Crippen LogP contribution in [0.2, 0.25) is 0 Å². The van der Waals surface area contributed by atoms with E-state index < -0.39 is 0 Å². The minimum absolute atomic E-state index is 0.0205. The highest BCUT2D eigenvalue weighted by atomic mass is 16.5. The van der Waals surface area contributed by atoms with E-state index in [-0.39, 0.29) is 6.03 Å². The van der Waals surface area contributed by atoms with Gasteiger partial charge in [0.2, 0.25) is 0 Å². The van der Waals surface area contributed by atoms with Crippen LogP contribution in [0.25, 0.3) is 0 Å². The molecule has 1 fully saturated rings. The molecule has 2 aromatic rings. The monoisotopic (exact) mass is 325 g/mol. The van der Waals surface area contributed by atoms with Crippen LogP contribution in [0.15, 0.2) is 42.7 Å². The van der Waals surface area contributed by atoms with Gasteiger partial charge in [-0.2, -0.15) is 0 Å². The molecule has 24 heavy (non-hydrogen) atoms. The average Bonchev–Trinajstić information content (AvgIpc) is 2.60. The molecule has 2 heterocycles. The molecule has 0 radical (unpaired) electrons. The lowest BCUT2D eigenvalue weighted by Gasteiger charge is -2.33. The van der Waals surface area contributed by atoms with Crippen LogP contribution in [0.1, 0.15) is 16.7 Å². The van der Waals surface area contributed by atoms with Crippen molar-refractivity contribution in [2.24, 2.45) is 0 Å². The van der Waals surface area contributed by atoms with E-state index in [2.05, 4.69) is 37.0 Å². The molecule has 1 aliphatic heterocycles. The lowest BCUT2D eigenvalue weighted by molar-refractivity contribution is 0.0548. The summed E-state index contributed by atoms with van der Waals surface area (Å²) in [4.78, 5) is 21.0. The fraction of sp³-hybridized carbons (Fsp3) is 0.368. The smallest absolute Gasteiger partial charge is 0.324 e. The SMILES string of the molecule is Cc1cc(C)cc(N(Cc2cccnc2)C(=O)N2CCOCC2)c1. The zero-order chi connectivity index (χ0) is 16.9. The van der Waals surface area contributed by atoms with Crippen LogP contribution in [0.5, 0.6) is 0 Å². The second-order valence-electron chi connectivity index (χ2n) is 6.18. The number of amides is 2. The maximum Gasteiger partial charge on any atom is 0.324 e. The summed E-state index contributed by atoms with van der Waals surface area (Å²) in [5.74, 6) is 0. The predicted molar refractivity (Wildman–Crippen MR) is 94.1 cm³/mol. The first kappa shape index (κ1) is 16.5. The minimum atomic E-state index is 0.0205. The molecule has 5 nitrogen and oxygen atoms in total. The molecule has 3 rings (SSSR count). The number of hydrogen-bond donors (Lipinski definition) is 0. The number of benzene rings is 1. The van der Waals surface area contributed by atoms with Crippen molar-refractivity contribution in [1.82, 2.24) is 9.88 Å². The third-order valence-electron chi connectivity index (χ3n) is 4.09. The van der Waals surface area contributed by atoms with Gasteiger partial charge in [-0.3, -0.25) is 9.88 Å². The van der Waals surface area contributed by atoms with Crippen LogP contribution in [0.3, 0.4) is 0 Å². The van der Waals surface area contributed by atoms with Crippen molar-refractivity contribution in [1.29, 1.82) is 0 Å². The molecule has 0 spiro atoms. The lowest BCUT2D eigenvalue weighted by atomic mass is 10.1. The fourth-order valence-corrected chi connectivity index (χ4v) is 2.98. The quantitative estimate of drug-likeness (QED) is 0.871. The van der Waals surface area contributed by atoms with Crippen LogP contribution in [-0.4, -0.2) is 42.2 Å². The first-order valence-corrected chi connectivity index (χ1v) is 8.25. The van der Waals surface area contributed by atoms with Crippen molar-refractivity contribution in [3.63, 3.8) is 0 Å². The van der Waals surface area contributed by atoms with Gasteiger partial charge in [0.25, 0.3) is 0 Å². The molecule has 0 bridgehead atoms. The van der Waals surface area contributed by atoms with Gasteiger partial charge in [0.1, 0.15) is 0 Å². The van der Waals surface area contributed by atoms with E-state index in [0.717, 1.165) is 22.4 Å². The van der Waals surface area contributed by atoms with Gasteiger partial charge in [0.05, 0.1) is 19.8 Å². The number of aryl methyl sites for hydroxylation is 2. The Hall–Kier alpha value is -2.40. The fourth-order valence-electron chi connectivity index (χ4n) is 2.98. The number of carbonyl (C=O) groups is 1. The van der Waals surface area contributed by atoms with Gasteiger partial charge in [0, 0.05) is 31.2 Å². The van der Waals surface area contributed by atoms with Gasteiger partial charge < -0.3 is 9.64 Å². The zero-order valence-electron chi connectivity index (χ0n) is 14.2. The molecule has 1 aliphatic rings.